The number of aliphatic carboxylic acids is 1. The minimum absolute atomic E-state index is 0.264. The normalized spacial score (nSPS) is 31.9. The largest absolute Gasteiger partial charge is 0.480 e. The van der Waals surface area contributed by atoms with Gasteiger partial charge in [0.05, 0.1) is 0 Å². The summed E-state index contributed by atoms with van der Waals surface area (Å²) in [5, 5.41) is 9.51. The molecule has 1 aliphatic carbocycles. The molecule has 2 unspecified atom stereocenters. The summed E-state index contributed by atoms with van der Waals surface area (Å²) < 4.78 is 0. The summed E-state index contributed by atoms with van der Waals surface area (Å²) in [5.41, 5.74) is -0.603. The number of nitrogens with zero attached hydrogens (tertiary/aromatic N) is 1. The predicted octanol–water partition coefficient (Wildman–Crippen LogP) is 2.36. The second-order valence-electron chi connectivity index (χ2n) is 4.80. The molecule has 0 amide bonds. The fourth-order valence-corrected chi connectivity index (χ4v) is 2.91. The molecule has 2 atom stereocenters. The van der Waals surface area contributed by atoms with Gasteiger partial charge >= 0.3 is 5.97 Å². The van der Waals surface area contributed by atoms with Crippen LogP contribution < -0.4 is 0 Å². The molecule has 0 heterocycles. The van der Waals surface area contributed by atoms with E-state index in [0.29, 0.717) is 0 Å². The van der Waals surface area contributed by atoms with Crippen LogP contribution in [0.15, 0.2) is 0 Å². The third-order valence-electron chi connectivity index (χ3n) is 3.87. The van der Waals surface area contributed by atoms with E-state index in [-0.39, 0.29) is 5.92 Å². The lowest BCUT2D eigenvalue weighted by atomic mass is 9.72. The summed E-state index contributed by atoms with van der Waals surface area (Å²) in [4.78, 5) is 13.6. The van der Waals surface area contributed by atoms with Gasteiger partial charge in [0.1, 0.15) is 5.54 Å². The Morgan fingerprint density at radius 1 is 1.53 bits per heavy atom. The van der Waals surface area contributed by atoms with Crippen molar-refractivity contribution in [3.8, 4) is 0 Å². The van der Waals surface area contributed by atoms with Gasteiger partial charge in [-0.05, 0) is 38.8 Å². The SMILES string of the molecule is CCCN(C)C1(C(=O)O)CCCCC1C. The third kappa shape index (κ3) is 2.17. The molecule has 0 aromatic heterocycles. The molecule has 0 aromatic rings. The number of rotatable bonds is 4. The first kappa shape index (κ1) is 12.5. The summed E-state index contributed by atoms with van der Waals surface area (Å²) in [6, 6.07) is 0. The molecule has 88 valence electrons. The molecular weight excluding hydrogens is 190 g/mol. The van der Waals surface area contributed by atoms with E-state index in [2.05, 4.69) is 18.7 Å². The van der Waals surface area contributed by atoms with E-state index in [0.717, 1.165) is 32.2 Å². The van der Waals surface area contributed by atoms with E-state index in [1.807, 2.05) is 7.05 Å². The van der Waals surface area contributed by atoms with Crippen LogP contribution >= 0.6 is 0 Å². The maximum absolute atomic E-state index is 11.6. The lowest BCUT2D eigenvalue weighted by Gasteiger charge is -2.45. The van der Waals surface area contributed by atoms with Crippen molar-refractivity contribution in [3.05, 3.63) is 0 Å². The van der Waals surface area contributed by atoms with Gasteiger partial charge in [0.2, 0.25) is 0 Å². The summed E-state index contributed by atoms with van der Waals surface area (Å²) in [6.45, 7) is 5.05. The van der Waals surface area contributed by atoms with Crippen molar-refractivity contribution in [2.75, 3.05) is 13.6 Å². The van der Waals surface area contributed by atoms with Gasteiger partial charge in [0.15, 0.2) is 0 Å². The molecule has 0 spiro atoms. The molecule has 15 heavy (non-hydrogen) atoms. The van der Waals surface area contributed by atoms with E-state index >= 15 is 0 Å². The highest BCUT2D eigenvalue weighted by Crippen LogP contribution is 2.38. The van der Waals surface area contributed by atoms with Gasteiger partial charge in [0.25, 0.3) is 0 Å². The Bertz CT molecular complexity index is 230. The number of carboxylic acids is 1. The molecule has 0 aromatic carbocycles. The maximum atomic E-state index is 11.6. The highest BCUT2D eigenvalue weighted by atomic mass is 16.4. The van der Waals surface area contributed by atoms with E-state index in [4.69, 9.17) is 0 Å². The molecule has 3 nitrogen and oxygen atoms in total. The minimum atomic E-state index is -0.634. The molecular formula is C12H23NO2. The van der Waals surface area contributed by atoms with E-state index in [9.17, 15) is 9.90 Å². The van der Waals surface area contributed by atoms with Gasteiger partial charge in [-0.1, -0.05) is 26.7 Å². The summed E-state index contributed by atoms with van der Waals surface area (Å²) in [7, 11) is 1.96. The molecule has 1 N–H and O–H groups in total. The summed E-state index contributed by atoms with van der Waals surface area (Å²) >= 11 is 0. The van der Waals surface area contributed by atoms with Crippen molar-refractivity contribution in [2.45, 2.75) is 51.5 Å². The Morgan fingerprint density at radius 3 is 2.67 bits per heavy atom. The van der Waals surface area contributed by atoms with Crippen LogP contribution in [-0.4, -0.2) is 35.1 Å². The average molecular weight is 213 g/mol. The Balaban J connectivity index is 2.89. The van der Waals surface area contributed by atoms with Crippen LogP contribution in [0.3, 0.4) is 0 Å². The second kappa shape index (κ2) is 4.97. The molecule has 1 saturated carbocycles. The lowest BCUT2D eigenvalue weighted by Crippen LogP contribution is -2.58. The van der Waals surface area contributed by atoms with Crippen molar-refractivity contribution >= 4 is 5.97 Å². The van der Waals surface area contributed by atoms with Crippen LogP contribution in [0, 0.1) is 5.92 Å². The van der Waals surface area contributed by atoms with Crippen molar-refractivity contribution in [1.29, 1.82) is 0 Å². The monoisotopic (exact) mass is 213 g/mol. The summed E-state index contributed by atoms with van der Waals surface area (Å²) in [6.07, 6.45) is 5.08. The fraction of sp³-hybridized carbons (Fsp3) is 0.917. The average Bonchev–Trinajstić information content (AvgIpc) is 2.18. The molecule has 1 fully saturated rings. The Labute approximate surface area is 92.5 Å². The number of carboxylic acid groups (broad SMARTS) is 1. The van der Waals surface area contributed by atoms with E-state index in [1.54, 1.807) is 0 Å². The maximum Gasteiger partial charge on any atom is 0.324 e. The van der Waals surface area contributed by atoms with Crippen LogP contribution in [0.4, 0.5) is 0 Å². The van der Waals surface area contributed by atoms with Gasteiger partial charge in [-0.25, -0.2) is 0 Å². The fourth-order valence-electron chi connectivity index (χ4n) is 2.91. The van der Waals surface area contributed by atoms with Gasteiger partial charge in [-0.2, -0.15) is 0 Å². The molecule has 1 aliphatic rings. The molecule has 0 aliphatic heterocycles. The standard InChI is InChI=1S/C12H23NO2/c1-4-9-13(3)12(11(14)15)8-6-5-7-10(12)2/h10H,4-9H2,1-3H3,(H,14,15). The Hall–Kier alpha value is -0.570. The Morgan fingerprint density at radius 2 is 2.20 bits per heavy atom. The molecule has 0 saturated heterocycles. The summed E-state index contributed by atoms with van der Waals surface area (Å²) in [5.74, 6) is -0.369. The highest BCUT2D eigenvalue weighted by Gasteiger charge is 2.47. The van der Waals surface area contributed by atoms with Crippen molar-refractivity contribution in [1.82, 2.24) is 4.90 Å². The number of hydrogen-bond donors (Lipinski definition) is 1. The zero-order valence-corrected chi connectivity index (χ0v) is 10.1. The van der Waals surface area contributed by atoms with Gasteiger partial charge in [-0.15, -0.1) is 0 Å². The number of likely N-dealkylation sites (N-methyl/N-ethyl adjacent to an activating group) is 1. The van der Waals surface area contributed by atoms with Crippen molar-refractivity contribution in [3.63, 3.8) is 0 Å². The number of hydrogen-bond acceptors (Lipinski definition) is 2. The first-order valence-corrected chi connectivity index (χ1v) is 6.00. The molecule has 0 bridgehead atoms. The Kier molecular flexibility index (Phi) is 4.14. The van der Waals surface area contributed by atoms with Crippen LogP contribution in [0.25, 0.3) is 0 Å². The minimum Gasteiger partial charge on any atom is -0.480 e. The zero-order valence-electron chi connectivity index (χ0n) is 10.1. The van der Waals surface area contributed by atoms with Crippen molar-refractivity contribution in [2.24, 2.45) is 5.92 Å². The quantitative estimate of drug-likeness (QED) is 0.779. The second-order valence-corrected chi connectivity index (χ2v) is 4.80. The number of carbonyl (C=O) groups is 1. The first-order chi connectivity index (χ1) is 7.05. The smallest absolute Gasteiger partial charge is 0.324 e. The van der Waals surface area contributed by atoms with E-state index < -0.39 is 11.5 Å². The lowest BCUT2D eigenvalue weighted by molar-refractivity contribution is -0.157. The zero-order chi connectivity index (χ0) is 11.5. The van der Waals surface area contributed by atoms with Gasteiger partial charge in [-0.3, -0.25) is 9.69 Å². The van der Waals surface area contributed by atoms with Gasteiger partial charge in [0, 0.05) is 0 Å². The van der Waals surface area contributed by atoms with Gasteiger partial charge < -0.3 is 5.11 Å². The van der Waals surface area contributed by atoms with Crippen molar-refractivity contribution < 1.29 is 9.90 Å². The van der Waals surface area contributed by atoms with E-state index in [1.165, 1.54) is 6.42 Å². The van der Waals surface area contributed by atoms with Crippen LogP contribution in [0.1, 0.15) is 46.0 Å². The highest BCUT2D eigenvalue weighted by molar-refractivity contribution is 5.79. The van der Waals surface area contributed by atoms with Crippen LogP contribution in [0.5, 0.6) is 0 Å². The molecule has 3 heteroatoms. The predicted molar refractivity (Wildman–Crippen MR) is 60.9 cm³/mol. The molecule has 1 rings (SSSR count). The molecule has 0 radical (unpaired) electrons. The topological polar surface area (TPSA) is 40.5 Å². The third-order valence-corrected chi connectivity index (χ3v) is 3.87. The first-order valence-electron chi connectivity index (χ1n) is 6.00. The van der Waals surface area contributed by atoms with Crippen LogP contribution in [0.2, 0.25) is 0 Å². The van der Waals surface area contributed by atoms with Crippen LogP contribution in [-0.2, 0) is 4.79 Å².